The van der Waals surface area contributed by atoms with Gasteiger partial charge in [-0.15, -0.1) is 0 Å². The van der Waals surface area contributed by atoms with Gasteiger partial charge in [0.1, 0.15) is 5.82 Å². The lowest BCUT2D eigenvalue weighted by Crippen LogP contribution is -2.23. The minimum absolute atomic E-state index is 0.215. The van der Waals surface area contributed by atoms with E-state index in [1.807, 2.05) is 42.5 Å². The first-order valence-electron chi connectivity index (χ1n) is 8.02. The Hall–Kier alpha value is -3.27. The molecule has 4 heteroatoms. The molecule has 0 unspecified atom stereocenters. The van der Waals surface area contributed by atoms with E-state index in [0.717, 1.165) is 16.3 Å². The molecule has 3 nitrogen and oxygen atoms in total. The molecule has 0 bridgehead atoms. The van der Waals surface area contributed by atoms with Crippen LogP contribution in [0.25, 0.3) is 22.0 Å². The molecule has 0 saturated carbocycles. The maximum atomic E-state index is 14.0. The number of aromatic nitrogens is 2. The molecule has 0 aliphatic rings. The molecular weight excluding hydrogens is 315 g/mol. The van der Waals surface area contributed by atoms with Crippen LogP contribution < -0.4 is 5.56 Å². The molecule has 0 aliphatic heterocycles. The second-order valence-corrected chi connectivity index (χ2v) is 5.83. The number of nitrogens with zero attached hydrogens (tertiary/aromatic N) is 2. The Kier molecular flexibility index (Phi) is 3.86. The molecular formula is C21H15FN2O. The van der Waals surface area contributed by atoms with Crippen molar-refractivity contribution >= 4 is 10.8 Å². The maximum absolute atomic E-state index is 14.0. The van der Waals surface area contributed by atoms with Crippen LogP contribution in [0.2, 0.25) is 0 Å². The Morgan fingerprint density at radius 3 is 2.48 bits per heavy atom. The van der Waals surface area contributed by atoms with Gasteiger partial charge in [0.15, 0.2) is 0 Å². The van der Waals surface area contributed by atoms with Crippen LogP contribution in [-0.2, 0) is 6.54 Å². The number of rotatable bonds is 3. The van der Waals surface area contributed by atoms with Crippen molar-refractivity contribution < 1.29 is 4.39 Å². The highest BCUT2D eigenvalue weighted by molar-refractivity contribution is 5.85. The van der Waals surface area contributed by atoms with Crippen LogP contribution in [0.1, 0.15) is 5.56 Å². The third kappa shape index (κ3) is 2.94. The van der Waals surface area contributed by atoms with Crippen molar-refractivity contribution in [3.05, 3.63) is 101 Å². The second-order valence-electron chi connectivity index (χ2n) is 5.83. The SMILES string of the molecule is O=c1ccc(-c2ccccc2F)nn1Cc1cccc2ccccc12. The third-order valence-corrected chi connectivity index (χ3v) is 4.22. The summed E-state index contributed by atoms with van der Waals surface area (Å²) >= 11 is 0. The minimum Gasteiger partial charge on any atom is -0.268 e. The summed E-state index contributed by atoms with van der Waals surface area (Å²) in [6.07, 6.45) is 0. The molecule has 3 aromatic carbocycles. The zero-order valence-electron chi connectivity index (χ0n) is 13.4. The minimum atomic E-state index is -0.356. The first kappa shape index (κ1) is 15.3. The molecule has 0 atom stereocenters. The van der Waals surface area contributed by atoms with Crippen LogP contribution in [0, 0.1) is 5.82 Å². The number of fused-ring (bicyclic) bond motifs is 1. The summed E-state index contributed by atoms with van der Waals surface area (Å²) in [5.74, 6) is -0.356. The fourth-order valence-electron chi connectivity index (χ4n) is 2.97. The average molecular weight is 330 g/mol. The molecule has 0 amide bonds. The highest BCUT2D eigenvalue weighted by Crippen LogP contribution is 2.21. The first-order chi connectivity index (χ1) is 12.2. The monoisotopic (exact) mass is 330 g/mol. The Morgan fingerprint density at radius 2 is 1.60 bits per heavy atom. The molecule has 4 rings (SSSR count). The Labute approximate surface area is 144 Å². The maximum Gasteiger partial charge on any atom is 0.267 e. The molecule has 1 aromatic heterocycles. The molecule has 25 heavy (non-hydrogen) atoms. The van der Waals surface area contributed by atoms with Gasteiger partial charge in [0.25, 0.3) is 5.56 Å². The molecule has 4 aromatic rings. The largest absolute Gasteiger partial charge is 0.268 e. The quantitative estimate of drug-likeness (QED) is 0.563. The van der Waals surface area contributed by atoms with Gasteiger partial charge in [-0.1, -0.05) is 54.6 Å². The van der Waals surface area contributed by atoms with Crippen molar-refractivity contribution in [2.75, 3.05) is 0 Å². The van der Waals surface area contributed by atoms with E-state index in [-0.39, 0.29) is 11.4 Å². The van der Waals surface area contributed by atoms with Gasteiger partial charge >= 0.3 is 0 Å². The van der Waals surface area contributed by atoms with E-state index in [1.165, 1.54) is 16.8 Å². The molecule has 1 heterocycles. The standard InChI is InChI=1S/C21H15FN2O/c22-19-11-4-3-10-18(19)20-12-13-21(25)24(23-20)14-16-8-5-7-15-6-1-2-9-17(15)16/h1-13H,14H2. The van der Waals surface area contributed by atoms with Crippen LogP contribution in [0.5, 0.6) is 0 Å². The van der Waals surface area contributed by atoms with Crippen LogP contribution >= 0.6 is 0 Å². The predicted octanol–water partition coefficient (Wildman–Crippen LogP) is 4.25. The second kappa shape index (κ2) is 6.32. The van der Waals surface area contributed by atoms with Gasteiger partial charge in [0, 0.05) is 11.6 Å². The highest BCUT2D eigenvalue weighted by atomic mass is 19.1. The van der Waals surface area contributed by atoms with Gasteiger partial charge in [0.05, 0.1) is 12.2 Å². The van der Waals surface area contributed by atoms with E-state index in [2.05, 4.69) is 5.10 Å². The zero-order valence-corrected chi connectivity index (χ0v) is 13.4. The fourth-order valence-corrected chi connectivity index (χ4v) is 2.97. The van der Waals surface area contributed by atoms with E-state index in [4.69, 9.17) is 0 Å². The topological polar surface area (TPSA) is 34.9 Å². The fraction of sp³-hybridized carbons (Fsp3) is 0.0476. The average Bonchev–Trinajstić information content (AvgIpc) is 2.64. The van der Waals surface area contributed by atoms with Crippen LogP contribution in [0.15, 0.2) is 83.7 Å². The predicted molar refractivity (Wildman–Crippen MR) is 96.9 cm³/mol. The van der Waals surface area contributed by atoms with Crippen LogP contribution in [-0.4, -0.2) is 9.78 Å². The van der Waals surface area contributed by atoms with Crippen LogP contribution in [0.3, 0.4) is 0 Å². The van der Waals surface area contributed by atoms with Crippen molar-refractivity contribution in [1.29, 1.82) is 0 Å². The highest BCUT2D eigenvalue weighted by Gasteiger charge is 2.09. The lowest BCUT2D eigenvalue weighted by Gasteiger charge is -2.10. The Morgan fingerprint density at radius 1 is 0.840 bits per heavy atom. The molecule has 0 N–H and O–H groups in total. The smallest absolute Gasteiger partial charge is 0.267 e. The van der Waals surface area contributed by atoms with E-state index >= 15 is 0 Å². The zero-order chi connectivity index (χ0) is 17.2. The summed E-state index contributed by atoms with van der Waals surface area (Å²) in [4.78, 5) is 12.2. The Balaban J connectivity index is 1.79. The van der Waals surface area contributed by atoms with Crippen molar-refractivity contribution in [1.82, 2.24) is 9.78 Å². The van der Waals surface area contributed by atoms with Gasteiger partial charge < -0.3 is 0 Å². The summed E-state index contributed by atoms with van der Waals surface area (Å²) in [6, 6.07) is 23.4. The molecule has 0 saturated heterocycles. The first-order valence-corrected chi connectivity index (χ1v) is 8.02. The van der Waals surface area contributed by atoms with Crippen molar-refractivity contribution in [2.24, 2.45) is 0 Å². The van der Waals surface area contributed by atoms with Crippen molar-refractivity contribution in [3.8, 4) is 11.3 Å². The van der Waals surface area contributed by atoms with E-state index < -0.39 is 0 Å². The summed E-state index contributed by atoms with van der Waals surface area (Å²) in [6.45, 7) is 0.336. The van der Waals surface area contributed by atoms with E-state index in [0.29, 0.717) is 17.8 Å². The van der Waals surface area contributed by atoms with Crippen molar-refractivity contribution in [3.63, 3.8) is 0 Å². The summed E-state index contributed by atoms with van der Waals surface area (Å²) in [7, 11) is 0. The van der Waals surface area contributed by atoms with Crippen molar-refractivity contribution in [2.45, 2.75) is 6.54 Å². The lowest BCUT2D eigenvalue weighted by molar-refractivity contribution is 0.621. The van der Waals surface area contributed by atoms with Gasteiger partial charge in [-0.25, -0.2) is 9.07 Å². The van der Waals surface area contributed by atoms with E-state index in [1.54, 1.807) is 24.3 Å². The van der Waals surface area contributed by atoms with E-state index in [9.17, 15) is 9.18 Å². The summed E-state index contributed by atoms with van der Waals surface area (Å²) in [5, 5.41) is 6.56. The molecule has 122 valence electrons. The van der Waals surface area contributed by atoms with Gasteiger partial charge in [-0.05, 0) is 34.5 Å². The molecule has 0 radical (unpaired) electrons. The van der Waals surface area contributed by atoms with Gasteiger partial charge in [-0.3, -0.25) is 4.79 Å². The van der Waals surface area contributed by atoms with Gasteiger partial charge in [0.2, 0.25) is 0 Å². The van der Waals surface area contributed by atoms with Gasteiger partial charge in [-0.2, -0.15) is 5.10 Å². The number of hydrogen-bond acceptors (Lipinski definition) is 2. The normalized spacial score (nSPS) is 10.9. The number of hydrogen-bond donors (Lipinski definition) is 0. The third-order valence-electron chi connectivity index (χ3n) is 4.22. The Bertz CT molecular complexity index is 1110. The van der Waals surface area contributed by atoms with Crippen LogP contribution in [0.4, 0.5) is 4.39 Å². The molecule has 0 aliphatic carbocycles. The number of halogens is 1. The molecule has 0 fully saturated rings. The molecule has 0 spiro atoms. The summed E-state index contributed by atoms with van der Waals surface area (Å²) in [5.41, 5.74) is 1.61. The lowest BCUT2D eigenvalue weighted by atomic mass is 10.0. The number of benzene rings is 3. The summed E-state index contributed by atoms with van der Waals surface area (Å²) < 4.78 is 15.4.